The van der Waals surface area contributed by atoms with Crippen LogP contribution in [0.1, 0.15) is 5.56 Å². The number of rotatable bonds is 6. The Morgan fingerprint density at radius 1 is 0.971 bits per heavy atom. The minimum atomic E-state index is -0.614. The van der Waals surface area contributed by atoms with E-state index in [-0.39, 0.29) is 18.5 Å². The molecule has 3 aliphatic heterocycles. The summed E-state index contributed by atoms with van der Waals surface area (Å²) in [6.45, 7) is 5.50. The van der Waals surface area contributed by atoms with E-state index < -0.39 is 6.04 Å². The van der Waals surface area contributed by atoms with E-state index >= 15 is 0 Å². The topological polar surface area (TPSA) is 82.7 Å². The zero-order valence-electron chi connectivity index (χ0n) is 19.7. The quantitative estimate of drug-likeness (QED) is 0.637. The van der Waals surface area contributed by atoms with Crippen LogP contribution in [0, 0.1) is 0 Å². The van der Waals surface area contributed by atoms with Gasteiger partial charge in [0.25, 0.3) is 17.8 Å². The van der Waals surface area contributed by atoms with Gasteiger partial charge in [-0.05, 0) is 15.8 Å². The van der Waals surface area contributed by atoms with Gasteiger partial charge in [-0.15, -0.1) is 0 Å². The molecule has 0 bridgehead atoms. The summed E-state index contributed by atoms with van der Waals surface area (Å²) in [5.41, 5.74) is 1.12. The number of amidine groups is 2. The highest BCUT2D eigenvalue weighted by Crippen LogP contribution is 2.24. The molecule has 0 aromatic heterocycles. The normalized spacial score (nSPS) is 22.1. The second-order valence-electron chi connectivity index (χ2n) is 9.14. The maximum Gasteiger partial charge on any atom is 0.333 e. The van der Waals surface area contributed by atoms with E-state index in [2.05, 4.69) is 38.6 Å². The summed E-state index contributed by atoms with van der Waals surface area (Å²) in [6, 6.07) is 13.5. The molecule has 0 saturated carbocycles. The number of hydrogen-bond donors (Lipinski definition) is 1. The number of hydrogen-bond acceptors (Lipinski definition) is 6. The van der Waals surface area contributed by atoms with Gasteiger partial charge >= 0.3 is 11.9 Å². The number of benzene rings is 2. The molecule has 3 aliphatic rings. The lowest BCUT2D eigenvalue weighted by Gasteiger charge is -2.33. The molecule has 0 aliphatic carbocycles. The molecule has 1 atom stereocenters. The van der Waals surface area contributed by atoms with Gasteiger partial charge in [-0.1, -0.05) is 42.5 Å². The molecule has 2 fully saturated rings. The van der Waals surface area contributed by atoms with Gasteiger partial charge in [0.1, 0.15) is 13.1 Å². The van der Waals surface area contributed by atoms with Crippen molar-refractivity contribution in [1.29, 1.82) is 0 Å². The third kappa shape index (κ3) is 4.00. The Balaban J connectivity index is 1.49. The van der Waals surface area contributed by atoms with Gasteiger partial charge in [0.2, 0.25) is 0 Å². The van der Waals surface area contributed by atoms with Crippen LogP contribution in [-0.4, -0.2) is 119 Å². The molecule has 1 N–H and O–H groups in total. The average molecular weight is 464 g/mol. The van der Waals surface area contributed by atoms with E-state index in [4.69, 9.17) is 4.99 Å². The highest BCUT2D eigenvalue weighted by Gasteiger charge is 2.53. The lowest BCUT2D eigenvalue weighted by atomic mass is 10.0. The average Bonchev–Trinajstić information content (AvgIpc) is 3.21. The molecule has 178 valence electrons. The van der Waals surface area contributed by atoms with Gasteiger partial charge in [-0.25, -0.2) is 9.37 Å². The fraction of sp³-hybridized carbons (Fsp3) is 0.440. The predicted molar refractivity (Wildman–Crippen MR) is 130 cm³/mol. The second kappa shape index (κ2) is 9.25. The first-order valence-corrected chi connectivity index (χ1v) is 11.8. The molecule has 34 heavy (non-hydrogen) atoms. The Kier molecular flexibility index (Phi) is 6.16. The van der Waals surface area contributed by atoms with Gasteiger partial charge in [-0.2, -0.15) is 0 Å². The molecule has 2 aromatic carbocycles. The van der Waals surface area contributed by atoms with Crippen molar-refractivity contribution in [2.75, 3.05) is 60.0 Å². The molecule has 9 nitrogen and oxygen atoms in total. The van der Waals surface area contributed by atoms with E-state index in [9.17, 15) is 14.7 Å². The smallest absolute Gasteiger partial charge is 0.333 e. The van der Waals surface area contributed by atoms with Crippen molar-refractivity contribution in [3.63, 3.8) is 0 Å². The molecule has 5 rings (SSSR count). The van der Waals surface area contributed by atoms with E-state index in [0.29, 0.717) is 25.5 Å². The van der Waals surface area contributed by atoms with Crippen LogP contribution in [-0.2, 0) is 11.3 Å². The Labute approximate surface area is 199 Å². The Morgan fingerprint density at radius 2 is 1.68 bits per heavy atom. The summed E-state index contributed by atoms with van der Waals surface area (Å²) in [7, 11) is 3.22. The van der Waals surface area contributed by atoms with Crippen LogP contribution in [0.3, 0.4) is 0 Å². The largest absolute Gasteiger partial charge is 0.395 e. The number of aliphatic imine (C=N–C) groups is 1. The molecule has 0 spiro atoms. The van der Waals surface area contributed by atoms with Crippen LogP contribution in [0.5, 0.6) is 0 Å². The number of likely N-dealkylation sites (N-methyl/N-ethyl adjacent to an activating group) is 2. The number of β-amino-alcohol motifs (C(OH)–C–C–N with tert-alkyl or cyclic N) is 1. The van der Waals surface area contributed by atoms with Gasteiger partial charge < -0.3 is 5.11 Å². The number of amides is 3. The summed E-state index contributed by atoms with van der Waals surface area (Å²) in [5.74, 6) is 1.07. The molecule has 3 heterocycles. The van der Waals surface area contributed by atoms with Crippen molar-refractivity contribution < 1.29 is 19.3 Å². The van der Waals surface area contributed by atoms with Crippen molar-refractivity contribution >= 4 is 34.4 Å². The van der Waals surface area contributed by atoms with E-state index in [1.165, 1.54) is 16.8 Å². The van der Waals surface area contributed by atoms with Gasteiger partial charge in [0.15, 0.2) is 0 Å². The standard InChI is InChI=1S/C25H31N6O3/c1-27-23-22(24(33)28(2)25(27)34)31(16-19-8-5-7-18-6-3-4-9-20(18)19)21(26-23)17-30-12-10-29(11-13-30)14-15-32/h3-9,22,32H,10-17H2,1-2H3/q+1. The maximum absolute atomic E-state index is 13.3. The molecule has 9 heteroatoms. The summed E-state index contributed by atoms with van der Waals surface area (Å²) in [5, 5.41) is 11.5. The number of aliphatic hydroxyl groups excluding tert-OH is 1. The number of nitrogens with zero attached hydrogens (tertiary/aromatic N) is 6. The number of fused-ring (bicyclic) bond motifs is 2. The van der Waals surface area contributed by atoms with Gasteiger partial charge in [-0.3, -0.25) is 24.4 Å². The molecule has 2 aromatic rings. The lowest BCUT2D eigenvalue weighted by molar-refractivity contribution is -0.551. The Hall–Kier alpha value is -3.14. The third-order valence-corrected chi connectivity index (χ3v) is 7.08. The molecule has 3 amide bonds. The summed E-state index contributed by atoms with van der Waals surface area (Å²) in [4.78, 5) is 38.0. The van der Waals surface area contributed by atoms with Crippen molar-refractivity contribution in [3.8, 4) is 0 Å². The molecular formula is C25H31N6O3+. The number of aliphatic hydroxyl groups is 1. The number of piperazine rings is 1. The fourth-order valence-electron chi connectivity index (χ4n) is 5.08. The molecule has 0 radical (unpaired) electrons. The van der Waals surface area contributed by atoms with E-state index in [1.807, 2.05) is 18.2 Å². The van der Waals surface area contributed by atoms with E-state index in [0.717, 1.165) is 48.4 Å². The number of imide groups is 1. The molecule has 1 unspecified atom stereocenters. The Morgan fingerprint density at radius 3 is 2.44 bits per heavy atom. The SMILES string of the molecule is CN1C(=O)C2C(=NC(CN3CCN(CCO)CC3)=[N+]2Cc2cccc3ccccc23)N(C)C1=O. The van der Waals surface area contributed by atoms with Crippen molar-refractivity contribution in [3.05, 3.63) is 48.0 Å². The van der Waals surface area contributed by atoms with Crippen LogP contribution < -0.4 is 0 Å². The first-order chi connectivity index (χ1) is 16.5. The van der Waals surface area contributed by atoms with Crippen LogP contribution in [0.4, 0.5) is 4.79 Å². The van der Waals surface area contributed by atoms with Crippen LogP contribution in [0.2, 0.25) is 0 Å². The maximum atomic E-state index is 13.3. The third-order valence-electron chi connectivity index (χ3n) is 7.08. The summed E-state index contributed by atoms with van der Waals surface area (Å²) < 4.78 is 2.07. The minimum absolute atomic E-state index is 0.168. The highest BCUT2D eigenvalue weighted by atomic mass is 16.3. The van der Waals surface area contributed by atoms with Crippen molar-refractivity contribution in [2.45, 2.75) is 12.6 Å². The van der Waals surface area contributed by atoms with E-state index in [1.54, 1.807) is 7.05 Å². The summed E-state index contributed by atoms with van der Waals surface area (Å²) in [6.07, 6.45) is 0. The number of carbonyl (C=O) groups excluding carboxylic acids is 2. The zero-order chi connectivity index (χ0) is 23.8. The minimum Gasteiger partial charge on any atom is -0.395 e. The fourth-order valence-corrected chi connectivity index (χ4v) is 5.08. The van der Waals surface area contributed by atoms with Crippen molar-refractivity contribution in [2.24, 2.45) is 4.99 Å². The second-order valence-corrected chi connectivity index (χ2v) is 9.14. The predicted octanol–water partition coefficient (Wildman–Crippen LogP) is 0.665. The first kappa shape index (κ1) is 22.6. The monoisotopic (exact) mass is 463 g/mol. The first-order valence-electron chi connectivity index (χ1n) is 11.8. The highest BCUT2D eigenvalue weighted by molar-refractivity contribution is 6.23. The van der Waals surface area contributed by atoms with Crippen LogP contribution >= 0.6 is 0 Å². The zero-order valence-corrected chi connectivity index (χ0v) is 19.7. The lowest BCUT2D eigenvalue weighted by Crippen LogP contribution is -2.61. The molecular weight excluding hydrogens is 432 g/mol. The number of carbonyl (C=O) groups is 2. The molecule has 2 saturated heterocycles. The van der Waals surface area contributed by atoms with Crippen LogP contribution in [0.15, 0.2) is 47.5 Å². The number of urea groups is 1. The summed E-state index contributed by atoms with van der Waals surface area (Å²) >= 11 is 0. The Bertz CT molecular complexity index is 1180. The van der Waals surface area contributed by atoms with Gasteiger partial charge in [0.05, 0.1) is 6.61 Å². The van der Waals surface area contributed by atoms with Crippen molar-refractivity contribution in [1.82, 2.24) is 19.6 Å². The van der Waals surface area contributed by atoms with Crippen LogP contribution in [0.25, 0.3) is 10.8 Å². The van der Waals surface area contributed by atoms with Gasteiger partial charge in [0, 0.05) is 52.4 Å².